The highest BCUT2D eigenvalue weighted by Crippen LogP contribution is 2.13. The van der Waals surface area contributed by atoms with Crippen molar-refractivity contribution in [3.05, 3.63) is 65.5 Å². The molecular weight excluding hydrogens is 275 g/mol. The third-order valence-corrected chi connectivity index (χ3v) is 2.81. The van der Waals surface area contributed by atoms with Crippen LogP contribution in [0.1, 0.15) is 15.9 Å². The highest BCUT2D eigenvalue weighted by Gasteiger charge is 2.07. The van der Waals surface area contributed by atoms with E-state index in [1.807, 2.05) is 0 Å². The zero-order valence-electron chi connectivity index (χ0n) is 11.1. The first-order valence-electron chi connectivity index (χ1n) is 6.27. The maximum atomic E-state index is 12.7. The quantitative estimate of drug-likeness (QED) is 0.830. The van der Waals surface area contributed by atoms with Crippen LogP contribution in [0.15, 0.2) is 48.5 Å². The molecule has 2 rings (SSSR count). The van der Waals surface area contributed by atoms with Crippen LogP contribution in [0, 0.1) is 5.82 Å². The van der Waals surface area contributed by atoms with E-state index in [-0.39, 0.29) is 18.8 Å². The van der Waals surface area contributed by atoms with Gasteiger partial charge in [-0.25, -0.2) is 4.39 Å². The van der Waals surface area contributed by atoms with Crippen LogP contribution in [0.3, 0.4) is 0 Å². The lowest BCUT2D eigenvalue weighted by Crippen LogP contribution is -2.11. The van der Waals surface area contributed by atoms with E-state index in [0.717, 1.165) is 0 Å². The molecule has 4 nitrogen and oxygen atoms in total. The van der Waals surface area contributed by atoms with Gasteiger partial charge in [0.15, 0.2) is 12.4 Å². The lowest BCUT2D eigenvalue weighted by Gasteiger charge is -2.06. The van der Waals surface area contributed by atoms with Crippen molar-refractivity contribution in [3.63, 3.8) is 0 Å². The number of carbonyl (C=O) groups is 2. The fourth-order valence-electron chi connectivity index (χ4n) is 1.75. The molecule has 108 valence electrons. The van der Waals surface area contributed by atoms with Gasteiger partial charge in [-0.1, -0.05) is 12.1 Å². The van der Waals surface area contributed by atoms with Crippen LogP contribution in [-0.2, 0) is 11.2 Å². The van der Waals surface area contributed by atoms with Crippen molar-refractivity contribution in [2.24, 2.45) is 0 Å². The molecule has 0 aliphatic heterocycles. The molecule has 0 atom stereocenters. The molecule has 0 aliphatic carbocycles. The van der Waals surface area contributed by atoms with E-state index in [1.54, 1.807) is 24.3 Å². The third kappa shape index (κ3) is 4.42. The van der Waals surface area contributed by atoms with Gasteiger partial charge < -0.3 is 9.84 Å². The Balaban J connectivity index is 1.92. The largest absolute Gasteiger partial charge is 0.485 e. The number of aliphatic carboxylic acids is 1. The molecule has 0 amide bonds. The van der Waals surface area contributed by atoms with Crippen molar-refractivity contribution in [1.82, 2.24) is 0 Å². The lowest BCUT2D eigenvalue weighted by atomic mass is 10.1. The summed E-state index contributed by atoms with van der Waals surface area (Å²) in [6.07, 6.45) is -0.0607. The fraction of sp³-hybridized carbons (Fsp3) is 0.125. The van der Waals surface area contributed by atoms with E-state index in [1.165, 1.54) is 24.3 Å². The van der Waals surface area contributed by atoms with Gasteiger partial charge in [-0.05, 0) is 42.0 Å². The van der Waals surface area contributed by atoms with Crippen molar-refractivity contribution in [1.29, 1.82) is 0 Å². The van der Waals surface area contributed by atoms with E-state index >= 15 is 0 Å². The summed E-state index contributed by atoms with van der Waals surface area (Å²) in [5.41, 5.74) is 1.03. The predicted molar refractivity (Wildman–Crippen MR) is 74.0 cm³/mol. The van der Waals surface area contributed by atoms with Crippen molar-refractivity contribution in [2.45, 2.75) is 6.42 Å². The summed E-state index contributed by atoms with van der Waals surface area (Å²) < 4.78 is 18.1. The number of ether oxygens (including phenoxy) is 1. The summed E-state index contributed by atoms with van der Waals surface area (Å²) in [4.78, 5) is 22.4. The molecule has 2 aromatic rings. The maximum Gasteiger partial charge on any atom is 0.307 e. The zero-order valence-corrected chi connectivity index (χ0v) is 11.1. The number of ketones is 1. The first-order chi connectivity index (χ1) is 10.0. The number of Topliss-reactive ketones (excluding diaryl/α,β-unsaturated/α-hetero) is 1. The second-order valence-corrected chi connectivity index (χ2v) is 4.43. The van der Waals surface area contributed by atoms with Crippen molar-refractivity contribution in [2.75, 3.05) is 6.61 Å². The topological polar surface area (TPSA) is 63.6 Å². The Morgan fingerprint density at radius 3 is 2.19 bits per heavy atom. The fourth-order valence-corrected chi connectivity index (χ4v) is 1.75. The van der Waals surface area contributed by atoms with Crippen LogP contribution in [0.2, 0.25) is 0 Å². The third-order valence-electron chi connectivity index (χ3n) is 2.81. The average Bonchev–Trinajstić information content (AvgIpc) is 2.46. The number of carboxylic acid groups (broad SMARTS) is 1. The Morgan fingerprint density at radius 1 is 1.00 bits per heavy atom. The summed E-state index contributed by atoms with van der Waals surface area (Å²) in [6, 6.07) is 11.7. The van der Waals surface area contributed by atoms with E-state index in [9.17, 15) is 14.0 Å². The molecule has 5 heteroatoms. The molecule has 0 unspecified atom stereocenters. The zero-order chi connectivity index (χ0) is 15.2. The van der Waals surface area contributed by atoms with Crippen molar-refractivity contribution in [3.8, 4) is 5.75 Å². The molecule has 0 fully saturated rings. The second kappa shape index (κ2) is 6.65. The van der Waals surface area contributed by atoms with Gasteiger partial charge in [0.2, 0.25) is 0 Å². The summed E-state index contributed by atoms with van der Waals surface area (Å²) in [7, 11) is 0. The van der Waals surface area contributed by atoms with E-state index < -0.39 is 11.8 Å². The minimum Gasteiger partial charge on any atom is -0.485 e. The molecule has 0 heterocycles. The molecule has 0 bridgehead atoms. The lowest BCUT2D eigenvalue weighted by molar-refractivity contribution is -0.136. The normalized spacial score (nSPS) is 10.1. The molecule has 0 saturated heterocycles. The summed E-state index contributed by atoms with van der Waals surface area (Å²) in [5.74, 6) is -1.10. The highest BCUT2D eigenvalue weighted by atomic mass is 19.1. The number of carboxylic acids is 1. The number of carbonyl (C=O) groups excluding carboxylic acids is 1. The molecule has 0 aromatic heterocycles. The Labute approximate surface area is 120 Å². The van der Waals surface area contributed by atoms with Gasteiger partial charge in [0.1, 0.15) is 11.6 Å². The molecule has 0 saturated carbocycles. The number of halogens is 1. The van der Waals surface area contributed by atoms with Crippen LogP contribution in [-0.4, -0.2) is 23.5 Å². The van der Waals surface area contributed by atoms with E-state index in [4.69, 9.17) is 9.84 Å². The van der Waals surface area contributed by atoms with Gasteiger partial charge in [-0.3, -0.25) is 9.59 Å². The standard InChI is InChI=1S/C16H13FO4/c17-13-5-3-12(4-6-13)15(18)10-21-14-7-1-11(2-8-14)9-16(19)20/h1-8H,9-10H2,(H,19,20). The Morgan fingerprint density at radius 2 is 1.62 bits per heavy atom. The van der Waals surface area contributed by atoms with Crippen molar-refractivity contribution < 1.29 is 23.8 Å². The summed E-state index contributed by atoms with van der Waals surface area (Å²) >= 11 is 0. The predicted octanol–water partition coefficient (Wildman–Crippen LogP) is 2.71. The van der Waals surface area contributed by atoms with Crippen LogP contribution < -0.4 is 4.74 Å². The first kappa shape index (κ1) is 14.7. The summed E-state index contributed by atoms with van der Waals surface area (Å²) in [5, 5.41) is 8.66. The monoisotopic (exact) mass is 288 g/mol. The minimum absolute atomic E-state index is 0.0607. The molecular formula is C16H13FO4. The molecule has 0 spiro atoms. The SMILES string of the molecule is O=C(O)Cc1ccc(OCC(=O)c2ccc(F)cc2)cc1. The van der Waals surface area contributed by atoms with Gasteiger partial charge in [0.05, 0.1) is 6.42 Å². The molecule has 21 heavy (non-hydrogen) atoms. The maximum absolute atomic E-state index is 12.7. The molecule has 0 radical (unpaired) electrons. The van der Waals surface area contributed by atoms with Crippen LogP contribution in [0.5, 0.6) is 5.75 Å². The van der Waals surface area contributed by atoms with Gasteiger partial charge in [-0.2, -0.15) is 0 Å². The van der Waals surface area contributed by atoms with Gasteiger partial charge in [0.25, 0.3) is 0 Å². The van der Waals surface area contributed by atoms with Gasteiger partial charge in [0, 0.05) is 5.56 Å². The number of hydrogen-bond donors (Lipinski definition) is 1. The smallest absolute Gasteiger partial charge is 0.307 e. The summed E-state index contributed by atoms with van der Waals surface area (Å²) in [6.45, 7) is -0.163. The van der Waals surface area contributed by atoms with Gasteiger partial charge in [-0.15, -0.1) is 0 Å². The Kier molecular flexibility index (Phi) is 4.66. The number of benzene rings is 2. The number of hydrogen-bond acceptors (Lipinski definition) is 3. The molecule has 0 aliphatic rings. The molecule has 2 aromatic carbocycles. The Hall–Kier alpha value is -2.69. The van der Waals surface area contributed by atoms with Crippen LogP contribution in [0.4, 0.5) is 4.39 Å². The second-order valence-electron chi connectivity index (χ2n) is 4.43. The highest BCUT2D eigenvalue weighted by molar-refractivity contribution is 5.97. The van der Waals surface area contributed by atoms with Gasteiger partial charge >= 0.3 is 5.97 Å². The average molecular weight is 288 g/mol. The Bertz CT molecular complexity index is 632. The molecule has 1 N–H and O–H groups in total. The first-order valence-corrected chi connectivity index (χ1v) is 6.27. The van der Waals surface area contributed by atoms with Crippen LogP contribution >= 0.6 is 0 Å². The van der Waals surface area contributed by atoms with Crippen LogP contribution in [0.25, 0.3) is 0 Å². The van der Waals surface area contributed by atoms with E-state index in [2.05, 4.69) is 0 Å². The minimum atomic E-state index is -0.907. The number of rotatable bonds is 6. The van der Waals surface area contributed by atoms with Crippen molar-refractivity contribution >= 4 is 11.8 Å². The van der Waals surface area contributed by atoms with E-state index in [0.29, 0.717) is 16.9 Å².